The number of alkyl halides is 3. The molecule has 2 atom stereocenters. The maximum absolute atomic E-state index is 13.3. The summed E-state index contributed by atoms with van der Waals surface area (Å²) in [5, 5.41) is 14.0. The van der Waals surface area contributed by atoms with E-state index < -0.39 is 23.9 Å². The van der Waals surface area contributed by atoms with Crippen LogP contribution < -0.4 is 0 Å². The number of hydrogen-bond donors (Lipinski definition) is 1. The number of halogens is 3. The number of aliphatic hydroxyl groups excluding tert-OH is 1. The van der Waals surface area contributed by atoms with E-state index in [1.807, 2.05) is 11.1 Å². The van der Waals surface area contributed by atoms with E-state index in [0.717, 1.165) is 11.6 Å². The normalized spacial score (nSPS) is 22.7. The van der Waals surface area contributed by atoms with Crippen molar-refractivity contribution in [3.63, 3.8) is 0 Å². The molecule has 3 rings (SSSR count). The second kappa shape index (κ2) is 5.98. The Labute approximate surface area is 132 Å². The number of likely N-dealkylation sites (tertiary alicyclic amines) is 1. The first kappa shape index (κ1) is 16.0. The molecule has 4 nitrogen and oxygen atoms in total. The molecule has 1 aliphatic heterocycles. The highest BCUT2D eigenvalue weighted by Gasteiger charge is 2.39. The number of β-amino-alcohol motifs (C(OH)–C–C–N with tert-alkyl or cyclic N) is 1. The lowest BCUT2D eigenvalue weighted by atomic mass is 9.97. The van der Waals surface area contributed by atoms with Gasteiger partial charge in [-0.3, -0.25) is 9.58 Å². The maximum atomic E-state index is 13.3. The molecule has 1 aromatic carbocycles. The number of rotatable bonds is 3. The Hall–Kier alpha value is -1.86. The first-order valence-corrected chi connectivity index (χ1v) is 7.40. The largest absolute Gasteiger partial charge is 0.416 e. The Morgan fingerprint density at radius 3 is 2.70 bits per heavy atom. The van der Waals surface area contributed by atoms with Crippen LogP contribution in [0.15, 0.2) is 36.7 Å². The van der Waals surface area contributed by atoms with Crippen molar-refractivity contribution in [2.75, 3.05) is 6.54 Å². The predicted octanol–water partition coefficient (Wildman–Crippen LogP) is 2.75. The summed E-state index contributed by atoms with van der Waals surface area (Å²) in [7, 11) is 1.79. The minimum Gasteiger partial charge on any atom is -0.392 e. The maximum Gasteiger partial charge on any atom is 0.416 e. The smallest absolute Gasteiger partial charge is 0.392 e. The van der Waals surface area contributed by atoms with Crippen LogP contribution in [0.4, 0.5) is 13.2 Å². The third-order valence-corrected chi connectivity index (χ3v) is 4.15. The van der Waals surface area contributed by atoms with Crippen molar-refractivity contribution in [2.24, 2.45) is 7.05 Å². The van der Waals surface area contributed by atoms with Gasteiger partial charge in [0.25, 0.3) is 0 Å². The third kappa shape index (κ3) is 3.40. The van der Waals surface area contributed by atoms with Crippen LogP contribution in [0.2, 0.25) is 0 Å². The Bertz CT molecular complexity index is 683. The number of hydrogen-bond acceptors (Lipinski definition) is 3. The van der Waals surface area contributed by atoms with Crippen LogP contribution >= 0.6 is 0 Å². The van der Waals surface area contributed by atoms with Crippen LogP contribution in [0.25, 0.3) is 0 Å². The molecule has 1 aliphatic rings. The van der Waals surface area contributed by atoms with Gasteiger partial charge in [-0.2, -0.15) is 18.3 Å². The minimum atomic E-state index is -4.40. The molecule has 7 heteroatoms. The van der Waals surface area contributed by atoms with Crippen LogP contribution in [0.3, 0.4) is 0 Å². The van der Waals surface area contributed by atoms with Crippen LogP contribution in [-0.2, 0) is 19.8 Å². The Balaban J connectivity index is 1.91. The van der Waals surface area contributed by atoms with Crippen LogP contribution in [0, 0.1) is 0 Å². The summed E-state index contributed by atoms with van der Waals surface area (Å²) in [5.74, 6) is 0. The first-order chi connectivity index (χ1) is 10.8. The van der Waals surface area contributed by atoms with Gasteiger partial charge in [-0.1, -0.05) is 18.2 Å². The van der Waals surface area contributed by atoms with E-state index in [0.29, 0.717) is 19.5 Å². The van der Waals surface area contributed by atoms with Gasteiger partial charge < -0.3 is 5.11 Å². The fourth-order valence-electron chi connectivity index (χ4n) is 3.21. The van der Waals surface area contributed by atoms with Gasteiger partial charge >= 0.3 is 6.18 Å². The van der Waals surface area contributed by atoms with Gasteiger partial charge in [0, 0.05) is 37.9 Å². The molecule has 1 fully saturated rings. The summed E-state index contributed by atoms with van der Waals surface area (Å²) >= 11 is 0. The van der Waals surface area contributed by atoms with E-state index in [1.165, 1.54) is 12.1 Å². The van der Waals surface area contributed by atoms with Crippen molar-refractivity contribution >= 4 is 0 Å². The minimum absolute atomic E-state index is 0.223. The van der Waals surface area contributed by atoms with Crippen LogP contribution in [0.5, 0.6) is 0 Å². The molecule has 0 amide bonds. The van der Waals surface area contributed by atoms with Crippen molar-refractivity contribution in [2.45, 2.75) is 31.3 Å². The molecule has 124 valence electrons. The van der Waals surface area contributed by atoms with E-state index in [9.17, 15) is 18.3 Å². The summed E-state index contributed by atoms with van der Waals surface area (Å²) in [4.78, 5) is 1.88. The van der Waals surface area contributed by atoms with Gasteiger partial charge in [0.2, 0.25) is 0 Å². The summed E-state index contributed by atoms with van der Waals surface area (Å²) in [5.41, 5.74) is 0.506. The Kier molecular flexibility index (Phi) is 4.16. The molecular weight excluding hydrogens is 307 g/mol. The zero-order valence-corrected chi connectivity index (χ0v) is 12.7. The monoisotopic (exact) mass is 325 g/mol. The quantitative estimate of drug-likeness (QED) is 0.943. The highest BCUT2D eigenvalue weighted by molar-refractivity contribution is 5.33. The molecule has 2 heterocycles. The molecule has 0 bridgehead atoms. The van der Waals surface area contributed by atoms with Gasteiger partial charge in [0.05, 0.1) is 17.9 Å². The van der Waals surface area contributed by atoms with Crippen molar-refractivity contribution in [1.29, 1.82) is 0 Å². The molecule has 0 unspecified atom stereocenters. The Morgan fingerprint density at radius 1 is 1.30 bits per heavy atom. The number of aromatic nitrogens is 2. The molecule has 1 saturated heterocycles. The number of benzene rings is 1. The predicted molar refractivity (Wildman–Crippen MR) is 78.4 cm³/mol. The van der Waals surface area contributed by atoms with Crippen molar-refractivity contribution < 1.29 is 18.3 Å². The third-order valence-electron chi connectivity index (χ3n) is 4.15. The van der Waals surface area contributed by atoms with E-state index in [4.69, 9.17) is 0 Å². The molecule has 0 aliphatic carbocycles. The van der Waals surface area contributed by atoms with Gasteiger partial charge in [0.15, 0.2) is 0 Å². The highest BCUT2D eigenvalue weighted by atomic mass is 19.4. The fourth-order valence-corrected chi connectivity index (χ4v) is 3.21. The highest BCUT2D eigenvalue weighted by Crippen LogP contribution is 2.40. The SMILES string of the molecule is Cn1cc(CN2C[C@H](O)C[C@H]2c2ccccc2C(F)(F)F)cn1. The summed E-state index contributed by atoms with van der Waals surface area (Å²) in [6.07, 6.45) is -1.20. The lowest BCUT2D eigenvalue weighted by Gasteiger charge is -2.26. The van der Waals surface area contributed by atoms with Crippen LogP contribution in [-0.4, -0.2) is 32.4 Å². The lowest BCUT2D eigenvalue weighted by Crippen LogP contribution is -2.25. The summed E-state index contributed by atoms with van der Waals surface area (Å²) < 4.78 is 41.4. The molecule has 23 heavy (non-hydrogen) atoms. The second-order valence-electron chi connectivity index (χ2n) is 5.94. The van der Waals surface area contributed by atoms with Gasteiger partial charge in [-0.15, -0.1) is 0 Å². The fraction of sp³-hybridized carbons (Fsp3) is 0.438. The van der Waals surface area contributed by atoms with Crippen molar-refractivity contribution in [1.82, 2.24) is 14.7 Å². The molecular formula is C16H18F3N3O. The van der Waals surface area contributed by atoms with Gasteiger partial charge in [-0.25, -0.2) is 0 Å². The Morgan fingerprint density at radius 2 is 2.04 bits per heavy atom. The van der Waals surface area contributed by atoms with E-state index >= 15 is 0 Å². The first-order valence-electron chi connectivity index (χ1n) is 7.40. The topological polar surface area (TPSA) is 41.3 Å². The van der Waals surface area contributed by atoms with Crippen molar-refractivity contribution in [3.8, 4) is 0 Å². The molecule has 0 radical (unpaired) electrons. The summed E-state index contributed by atoms with van der Waals surface area (Å²) in [6.45, 7) is 0.813. The van der Waals surface area contributed by atoms with E-state index in [-0.39, 0.29) is 5.56 Å². The standard InChI is InChI=1S/C16H18F3N3O/c1-21-8-11(7-20-21)9-22-10-12(23)6-15(22)13-4-2-3-5-14(13)16(17,18)19/h2-5,7-8,12,15,23H,6,9-10H2,1H3/t12-,15+/m1/s1. The molecule has 2 aromatic rings. The number of aryl methyl sites for hydroxylation is 1. The average Bonchev–Trinajstić information content (AvgIpc) is 3.04. The van der Waals surface area contributed by atoms with E-state index in [2.05, 4.69) is 5.10 Å². The van der Waals surface area contributed by atoms with Crippen molar-refractivity contribution in [3.05, 3.63) is 53.3 Å². The van der Waals surface area contributed by atoms with Gasteiger partial charge in [0.1, 0.15) is 0 Å². The second-order valence-corrected chi connectivity index (χ2v) is 5.94. The number of nitrogens with zero attached hydrogens (tertiary/aromatic N) is 3. The zero-order chi connectivity index (χ0) is 16.6. The summed E-state index contributed by atoms with van der Waals surface area (Å²) in [6, 6.07) is 5.15. The molecule has 0 saturated carbocycles. The molecule has 1 N–H and O–H groups in total. The van der Waals surface area contributed by atoms with Crippen LogP contribution in [0.1, 0.15) is 29.2 Å². The van der Waals surface area contributed by atoms with E-state index in [1.54, 1.807) is 24.0 Å². The average molecular weight is 325 g/mol. The van der Waals surface area contributed by atoms with Gasteiger partial charge in [-0.05, 0) is 18.1 Å². The molecule has 0 spiro atoms. The number of aliphatic hydroxyl groups is 1. The molecule has 1 aromatic heterocycles. The zero-order valence-electron chi connectivity index (χ0n) is 12.7. The lowest BCUT2D eigenvalue weighted by molar-refractivity contribution is -0.138.